The maximum absolute atomic E-state index is 11.7. The summed E-state index contributed by atoms with van der Waals surface area (Å²) < 4.78 is 0. The lowest BCUT2D eigenvalue weighted by Gasteiger charge is -2.22. The van der Waals surface area contributed by atoms with Gasteiger partial charge in [-0.3, -0.25) is 4.79 Å². The molecule has 24 heavy (non-hydrogen) atoms. The van der Waals surface area contributed by atoms with Crippen molar-refractivity contribution in [2.24, 2.45) is 0 Å². The van der Waals surface area contributed by atoms with Crippen molar-refractivity contribution in [1.29, 1.82) is 0 Å². The number of nitrogens with one attached hydrogen (secondary N) is 1. The zero-order chi connectivity index (χ0) is 18.0. The molecule has 2 atom stereocenters. The monoisotopic (exact) mass is 343 g/mol. The highest BCUT2D eigenvalue weighted by Gasteiger charge is 2.19. The lowest BCUT2D eigenvalue weighted by Crippen LogP contribution is -2.45. The van der Waals surface area contributed by atoms with E-state index in [4.69, 9.17) is 0 Å². The highest BCUT2D eigenvalue weighted by Crippen LogP contribution is 2.13. The second-order valence-corrected chi connectivity index (χ2v) is 7.00. The van der Waals surface area contributed by atoms with E-state index < -0.39 is 12.1 Å². The van der Waals surface area contributed by atoms with E-state index in [1.54, 1.807) is 0 Å². The van der Waals surface area contributed by atoms with Gasteiger partial charge in [0.1, 0.15) is 0 Å². The van der Waals surface area contributed by atoms with E-state index in [0.717, 1.165) is 25.7 Å². The van der Waals surface area contributed by atoms with Crippen LogP contribution in [0.25, 0.3) is 0 Å². The Morgan fingerprint density at radius 3 is 1.83 bits per heavy atom. The standard InChI is InChI=1S/C20H41NO3/c1-3-5-7-8-9-10-11-12-13-14-15-19(23)18(17-22)21-20(24)16-6-4-2/h18-19,22-23H,3-17H2,1-2H3,(H,21,24). The topological polar surface area (TPSA) is 69.6 Å². The van der Waals surface area contributed by atoms with E-state index in [1.165, 1.54) is 51.4 Å². The van der Waals surface area contributed by atoms with E-state index in [0.29, 0.717) is 12.8 Å². The van der Waals surface area contributed by atoms with Crippen LogP contribution in [0.4, 0.5) is 0 Å². The summed E-state index contributed by atoms with van der Waals surface area (Å²) in [5.74, 6) is -0.0713. The first kappa shape index (κ1) is 23.4. The predicted octanol–water partition coefficient (Wildman–Crippen LogP) is 4.33. The van der Waals surface area contributed by atoms with Crippen molar-refractivity contribution < 1.29 is 15.0 Å². The molecule has 0 aliphatic heterocycles. The molecule has 0 saturated carbocycles. The number of carbonyl (C=O) groups is 1. The summed E-state index contributed by atoms with van der Waals surface area (Å²) in [5.41, 5.74) is 0. The van der Waals surface area contributed by atoms with Gasteiger partial charge in [-0.2, -0.15) is 0 Å². The smallest absolute Gasteiger partial charge is 0.220 e. The van der Waals surface area contributed by atoms with E-state index in [9.17, 15) is 15.0 Å². The quantitative estimate of drug-likeness (QED) is 0.344. The predicted molar refractivity (Wildman–Crippen MR) is 101 cm³/mol. The SMILES string of the molecule is CCCCCCCCCCCCC(O)C(CO)NC(=O)CCCC. The minimum atomic E-state index is -0.644. The Kier molecular flexibility index (Phi) is 16.8. The molecule has 0 saturated heterocycles. The summed E-state index contributed by atoms with van der Waals surface area (Å²) in [4.78, 5) is 11.7. The zero-order valence-corrected chi connectivity index (χ0v) is 16.1. The van der Waals surface area contributed by atoms with Gasteiger partial charge in [-0.1, -0.05) is 84.5 Å². The molecular weight excluding hydrogens is 302 g/mol. The molecule has 0 aliphatic rings. The molecule has 3 N–H and O–H groups in total. The Morgan fingerprint density at radius 1 is 0.833 bits per heavy atom. The van der Waals surface area contributed by atoms with Gasteiger partial charge in [0, 0.05) is 6.42 Å². The molecule has 0 heterocycles. The van der Waals surface area contributed by atoms with Crippen molar-refractivity contribution in [2.75, 3.05) is 6.61 Å². The average Bonchev–Trinajstić information content (AvgIpc) is 2.59. The van der Waals surface area contributed by atoms with E-state index >= 15 is 0 Å². The fourth-order valence-corrected chi connectivity index (χ4v) is 2.92. The Hall–Kier alpha value is -0.610. The summed E-state index contributed by atoms with van der Waals surface area (Å²) in [6.07, 6.45) is 14.9. The number of rotatable bonds is 17. The number of hydrogen-bond acceptors (Lipinski definition) is 3. The molecule has 0 radical (unpaired) electrons. The van der Waals surface area contributed by atoms with Gasteiger partial charge in [-0.25, -0.2) is 0 Å². The van der Waals surface area contributed by atoms with Crippen LogP contribution in [0.1, 0.15) is 104 Å². The van der Waals surface area contributed by atoms with Crippen molar-refractivity contribution in [3.8, 4) is 0 Å². The Labute approximate surface area is 149 Å². The van der Waals surface area contributed by atoms with Crippen LogP contribution >= 0.6 is 0 Å². The Bertz CT molecular complexity index is 284. The van der Waals surface area contributed by atoms with E-state index in [2.05, 4.69) is 12.2 Å². The second-order valence-electron chi connectivity index (χ2n) is 7.00. The lowest BCUT2D eigenvalue weighted by molar-refractivity contribution is -0.123. The van der Waals surface area contributed by atoms with Gasteiger partial charge in [-0.15, -0.1) is 0 Å². The average molecular weight is 344 g/mol. The number of carbonyl (C=O) groups excluding carboxylic acids is 1. The molecule has 0 spiro atoms. The highest BCUT2D eigenvalue weighted by molar-refractivity contribution is 5.76. The second kappa shape index (κ2) is 17.2. The fraction of sp³-hybridized carbons (Fsp3) is 0.950. The molecule has 0 aromatic heterocycles. The number of aliphatic hydroxyl groups excluding tert-OH is 2. The molecule has 1 amide bonds. The first-order valence-electron chi connectivity index (χ1n) is 10.2. The maximum atomic E-state index is 11.7. The van der Waals surface area contributed by atoms with Gasteiger partial charge in [0.05, 0.1) is 18.8 Å². The van der Waals surface area contributed by atoms with Crippen LogP contribution in [-0.2, 0) is 4.79 Å². The van der Waals surface area contributed by atoms with Crippen molar-refractivity contribution in [1.82, 2.24) is 5.32 Å². The fourth-order valence-electron chi connectivity index (χ4n) is 2.92. The number of unbranched alkanes of at least 4 members (excludes halogenated alkanes) is 10. The number of aliphatic hydroxyl groups is 2. The molecular formula is C20H41NO3. The molecule has 0 fully saturated rings. The van der Waals surface area contributed by atoms with Crippen LogP contribution in [-0.4, -0.2) is 34.9 Å². The summed E-state index contributed by atoms with van der Waals surface area (Å²) >= 11 is 0. The van der Waals surface area contributed by atoms with Crippen LogP contribution in [0.2, 0.25) is 0 Å². The molecule has 2 unspecified atom stereocenters. The van der Waals surface area contributed by atoms with Crippen LogP contribution in [0.15, 0.2) is 0 Å². The van der Waals surface area contributed by atoms with E-state index in [1.807, 2.05) is 6.92 Å². The first-order valence-corrected chi connectivity index (χ1v) is 10.2. The third kappa shape index (κ3) is 13.8. The molecule has 0 aliphatic carbocycles. The first-order chi connectivity index (χ1) is 11.7. The third-order valence-electron chi connectivity index (χ3n) is 4.62. The van der Waals surface area contributed by atoms with Gasteiger partial charge < -0.3 is 15.5 Å². The molecule has 4 heteroatoms. The Morgan fingerprint density at radius 2 is 1.33 bits per heavy atom. The minimum absolute atomic E-state index is 0.0713. The summed E-state index contributed by atoms with van der Waals surface area (Å²) in [6.45, 7) is 4.08. The molecule has 0 aromatic rings. The Balaban J connectivity index is 3.60. The molecule has 0 aromatic carbocycles. The molecule has 144 valence electrons. The molecule has 0 bridgehead atoms. The van der Waals surface area contributed by atoms with Gasteiger partial charge in [0.25, 0.3) is 0 Å². The summed E-state index contributed by atoms with van der Waals surface area (Å²) in [6, 6.07) is -0.520. The highest BCUT2D eigenvalue weighted by atomic mass is 16.3. The largest absolute Gasteiger partial charge is 0.394 e. The van der Waals surface area contributed by atoms with E-state index in [-0.39, 0.29) is 12.5 Å². The normalized spacial score (nSPS) is 13.7. The maximum Gasteiger partial charge on any atom is 0.220 e. The van der Waals surface area contributed by atoms with Crippen LogP contribution in [0, 0.1) is 0 Å². The summed E-state index contributed by atoms with van der Waals surface area (Å²) in [5, 5.41) is 22.2. The van der Waals surface area contributed by atoms with Gasteiger partial charge in [0.2, 0.25) is 5.91 Å². The number of amides is 1. The van der Waals surface area contributed by atoms with Crippen LogP contribution < -0.4 is 5.32 Å². The lowest BCUT2D eigenvalue weighted by atomic mass is 10.0. The summed E-state index contributed by atoms with van der Waals surface area (Å²) in [7, 11) is 0. The van der Waals surface area contributed by atoms with Crippen LogP contribution in [0.3, 0.4) is 0 Å². The minimum Gasteiger partial charge on any atom is -0.394 e. The molecule has 4 nitrogen and oxygen atoms in total. The van der Waals surface area contributed by atoms with Gasteiger partial charge >= 0.3 is 0 Å². The third-order valence-corrected chi connectivity index (χ3v) is 4.62. The van der Waals surface area contributed by atoms with Crippen molar-refractivity contribution in [3.05, 3.63) is 0 Å². The van der Waals surface area contributed by atoms with Crippen molar-refractivity contribution >= 4 is 5.91 Å². The van der Waals surface area contributed by atoms with Crippen molar-refractivity contribution in [2.45, 2.75) is 116 Å². The molecule has 0 rings (SSSR count). The van der Waals surface area contributed by atoms with Gasteiger partial charge in [-0.05, 0) is 12.8 Å². The van der Waals surface area contributed by atoms with Crippen molar-refractivity contribution in [3.63, 3.8) is 0 Å². The number of hydrogen-bond donors (Lipinski definition) is 3. The zero-order valence-electron chi connectivity index (χ0n) is 16.1. The van der Waals surface area contributed by atoms with Gasteiger partial charge in [0.15, 0.2) is 0 Å². The van der Waals surface area contributed by atoms with Crippen LogP contribution in [0.5, 0.6) is 0 Å².